The molecule has 0 bridgehead atoms. The number of likely N-dealkylation sites (tertiary alicyclic amines) is 1. The van der Waals surface area contributed by atoms with Crippen molar-refractivity contribution < 1.29 is 13.2 Å². The quantitative estimate of drug-likeness (QED) is 0.734. The van der Waals surface area contributed by atoms with Crippen molar-refractivity contribution in [2.45, 2.75) is 38.9 Å². The third-order valence-corrected chi connectivity index (χ3v) is 3.07. The molecule has 0 saturated carbocycles. The number of piperidine rings is 1. The molecule has 1 aliphatic rings. The number of rotatable bonds is 2. The second-order valence-electron chi connectivity index (χ2n) is 4.69. The SMILES string of the molecule is CC(C)[C@@H](C#N)N1CCC[C@H](C(F)(F)F)C1. The smallest absolute Gasteiger partial charge is 0.287 e. The number of nitriles is 1. The number of nitrogens with zero attached hydrogens (tertiary/aromatic N) is 2. The van der Waals surface area contributed by atoms with Gasteiger partial charge in [-0.2, -0.15) is 18.4 Å². The van der Waals surface area contributed by atoms with Gasteiger partial charge in [0.15, 0.2) is 0 Å². The number of hydrogen-bond acceptors (Lipinski definition) is 2. The lowest BCUT2D eigenvalue weighted by molar-refractivity contribution is -0.188. The minimum Gasteiger partial charge on any atom is -0.287 e. The summed E-state index contributed by atoms with van der Waals surface area (Å²) in [6.07, 6.45) is -3.42. The second-order valence-corrected chi connectivity index (χ2v) is 4.69. The Bertz CT molecular complexity index is 267. The fourth-order valence-electron chi connectivity index (χ4n) is 2.18. The molecule has 1 rings (SSSR count). The summed E-state index contributed by atoms with van der Waals surface area (Å²) in [6.45, 7) is 4.30. The first-order valence-corrected chi connectivity index (χ1v) is 5.56. The number of halogens is 3. The maximum Gasteiger partial charge on any atom is 0.393 e. The molecule has 0 aromatic carbocycles. The van der Waals surface area contributed by atoms with Gasteiger partial charge in [-0.25, -0.2) is 0 Å². The lowest BCUT2D eigenvalue weighted by Gasteiger charge is -2.37. The first-order chi connectivity index (χ1) is 7.36. The summed E-state index contributed by atoms with van der Waals surface area (Å²) in [5, 5.41) is 8.96. The Morgan fingerprint density at radius 2 is 2.00 bits per heavy atom. The van der Waals surface area contributed by atoms with Crippen molar-refractivity contribution in [3.8, 4) is 6.07 Å². The van der Waals surface area contributed by atoms with E-state index in [4.69, 9.17) is 5.26 Å². The second kappa shape index (κ2) is 5.05. The molecule has 1 saturated heterocycles. The molecule has 1 fully saturated rings. The van der Waals surface area contributed by atoms with Crippen LogP contribution in [0.4, 0.5) is 13.2 Å². The monoisotopic (exact) mass is 234 g/mol. The van der Waals surface area contributed by atoms with Gasteiger partial charge in [0, 0.05) is 6.54 Å². The molecule has 0 aromatic rings. The van der Waals surface area contributed by atoms with Gasteiger partial charge in [0.05, 0.1) is 12.0 Å². The molecule has 1 heterocycles. The van der Waals surface area contributed by atoms with Crippen molar-refractivity contribution in [1.82, 2.24) is 4.90 Å². The van der Waals surface area contributed by atoms with Crippen molar-refractivity contribution in [1.29, 1.82) is 5.26 Å². The van der Waals surface area contributed by atoms with Crippen LogP contribution in [0.1, 0.15) is 26.7 Å². The van der Waals surface area contributed by atoms with Crippen LogP contribution in [-0.4, -0.2) is 30.2 Å². The Hall–Kier alpha value is -0.760. The summed E-state index contributed by atoms with van der Waals surface area (Å²) in [5.74, 6) is -1.20. The summed E-state index contributed by atoms with van der Waals surface area (Å²) in [4.78, 5) is 1.67. The van der Waals surface area contributed by atoms with Crippen LogP contribution in [0.25, 0.3) is 0 Å². The van der Waals surface area contributed by atoms with E-state index in [0.29, 0.717) is 13.0 Å². The third-order valence-electron chi connectivity index (χ3n) is 3.07. The Morgan fingerprint density at radius 1 is 1.38 bits per heavy atom. The predicted molar refractivity (Wildman–Crippen MR) is 54.6 cm³/mol. The van der Waals surface area contributed by atoms with Crippen molar-refractivity contribution in [2.75, 3.05) is 13.1 Å². The average Bonchev–Trinajstić information content (AvgIpc) is 2.17. The maximum absolute atomic E-state index is 12.6. The molecule has 2 nitrogen and oxygen atoms in total. The maximum atomic E-state index is 12.6. The summed E-state index contributed by atoms with van der Waals surface area (Å²) in [7, 11) is 0. The normalized spacial score (nSPS) is 25.4. The summed E-state index contributed by atoms with van der Waals surface area (Å²) < 4.78 is 37.7. The van der Waals surface area contributed by atoms with Crippen LogP contribution in [0.15, 0.2) is 0 Å². The Labute approximate surface area is 94.0 Å². The summed E-state index contributed by atoms with van der Waals surface area (Å²) in [6, 6.07) is 1.70. The molecule has 16 heavy (non-hydrogen) atoms. The molecule has 0 spiro atoms. The van der Waals surface area contributed by atoms with E-state index in [-0.39, 0.29) is 18.9 Å². The Kier molecular flexibility index (Phi) is 4.20. The van der Waals surface area contributed by atoms with E-state index in [1.807, 2.05) is 13.8 Å². The lowest BCUT2D eigenvalue weighted by Crippen LogP contribution is -2.47. The molecule has 92 valence electrons. The lowest BCUT2D eigenvalue weighted by atomic mass is 9.94. The van der Waals surface area contributed by atoms with Gasteiger partial charge in [0.2, 0.25) is 0 Å². The van der Waals surface area contributed by atoms with E-state index < -0.39 is 18.1 Å². The molecule has 0 amide bonds. The van der Waals surface area contributed by atoms with Gasteiger partial charge in [-0.3, -0.25) is 4.90 Å². The number of alkyl halides is 3. The van der Waals surface area contributed by atoms with Crippen molar-refractivity contribution >= 4 is 0 Å². The Morgan fingerprint density at radius 3 is 2.44 bits per heavy atom. The van der Waals surface area contributed by atoms with Crippen LogP contribution >= 0.6 is 0 Å². The molecule has 0 aromatic heterocycles. The van der Waals surface area contributed by atoms with Gasteiger partial charge < -0.3 is 0 Å². The van der Waals surface area contributed by atoms with Gasteiger partial charge in [0.25, 0.3) is 0 Å². The average molecular weight is 234 g/mol. The van der Waals surface area contributed by atoms with Crippen LogP contribution in [0.5, 0.6) is 0 Å². The largest absolute Gasteiger partial charge is 0.393 e. The molecule has 1 aliphatic heterocycles. The van der Waals surface area contributed by atoms with E-state index in [2.05, 4.69) is 6.07 Å². The van der Waals surface area contributed by atoms with E-state index in [1.54, 1.807) is 4.90 Å². The molecule has 5 heteroatoms. The summed E-state index contributed by atoms with van der Waals surface area (Å²) in [5.41, 5.74) is 0. The number of hydrogen-bond donors (Lipinski definition) is 0. The van der Waals surface area contributed by atoms with Gasteiger partial charge in [-0.15, -0.1) is 0 Å². The van der Waals surface area contributed by atoms with Gasteiger partial charge in [-0.1, -0.05) is 13.8 Å². The first-order valence-electron chi connectivity index (χ1n) is 5.56. The minimum absolute atomic E-state index is 0.0279. The molecule has 0 aliphatic carbocycles. The zero-order valence-corrected chi connectivity index (χ0v) is 9.59. The fraction of sp³-hybridized carbons (Fsp3) is 0.909. The van der Waals surface area contributed by atoms with Crippen LogP contribution < -0.4 is 0 Å². The first kappa shape index (κ1) is 13.3. The van der Waals surface area contributed by atoms with Gasteiger partial charge >= 0.3 is 6.18 Å². The minimum atomic E-state index is -4.13. The standard InChI is InChI=1S/C11H17F3N2/c1-8(2)10(6-15)16-5-3-4-9(7-16)11(12,13)14/h8-10H,3-5,7H2,1-2H3/t9-,10+/m0/s1. The summed E-state index contributed by atoms with van der Waals surface area (Å²) >= 11 is 0. The molecule has 0 radical (unpaired) electrons. The molecule has 0 N–H and O–H groups in total. The van der Waals surface area contributed by atoms with Crippen LogP contribution in [0.2, 0.25) is 0 Å². The molecule has 2 atom stereocenters. The van der Waals surface area contributed by atoms with E-state index in [9.17, 15) is 13.2 Å². The van der Waals surface area contributed by atoms with Crippen molar-refractivity contribution in [3.63, 3.8) is 0 Å². The van der Waals surface area contributed by atoms with Crippen LogP contribution in [-0.2, 0) is 0 Å². The van der Waals surface area contributed by atoms with Crippen LogP contribution in [0, 0.1) is 23.2 Å². The van der Waals surface area contributed by atoms with Crippen LogP contribution in [0.3, 0.4) is 0 Å². The fourth-order valence-corrected chi connectivity index (χ4v) is 2.18. The van der Waals surface area contributed by atoms with Crippen molar-refractivity contribution in [3.05, 3.63) is 0 Å². The molecular weight excluding hydrogens is 217 g/mol. The zero-order chi connectivity index (χ0) is 12.3. The van der Waals surface area contributed by atoms with Gasteiger partial charge in [-0.05, 0) is 25.3 Å². The topological polar surface area (TPSA) is 27.0 Å². The highest BCUT2D eigenvalue weighted by molar-refractivity contribution is 4.96. The Balaban J connectivity index is 2.67. The van der Waals surface area contributed by atoms with E-state index >= 15 is 0 Å². The van der Waals surface area contributed by atoms with Crippen molar-refractivity contribution in [2.24, 2.45) is 11.8 Å². The van der Waals surface area contributed by atoms with E-state index in [1.165, 1.54) is 0 Å². The zero-order valence-electron chi connectivity index (χ0n) is 9.59. The molecular formula is C11H17F3N2. The highest BCUT2D eigenvalue weighted by atomic mass is 19.4. The van der Waals surface area contributed by atoms with E-state index in [0.717, 1.165) is 0 Å². The third kappa shape index (κ3) is 3.11. The highest BCUT2D eigenvalue weighted by Crippen LogP contribution is 2.34. The predicted octanol–water partition coefficient (Wildman–Crippen LogP) is 2.81. The molecule has 0 unspecified atom stereocenters. The highest BCUT2D eigenvalue weighted by Gasteiger charge is 2.43. The van der Waals surface area contributed by atoms with Gasteiger partial charge in [0.1, 0.15) is 6.04 Å².